The van der Waals surface area contributed by atoms with Crippen LogP contribution < -0.4 is 14.2 Å². The summed E-state index contributed by atoms with van der Waals surface area (Å²) in [5, 5.41) is 0. The topological polar surface area (TPSA) is 36.9 Å². The van der Waals surface area contributed by atoms with Crippen molar-refractivity contribution in [3.8, 4) is 17.2 Å². The van der Waals surface area contributed by atoms with E-state index in [1.54, 1.807) is 12.7 Å². The van der Waals surface area contributed by atoms with Crippen LogP contribution in [0, 0.1) is 0 Å². The highest BCUT2D eigenvalue weighted by Gasteiger charge is 2.62. The first-order chi connectivity index (χ1) is 12.1. The summed E-state index contributed by atoms with van der Waals surface area (Å²) >= 11 is 0. The third kappa shape index (κ3) is 1.80. The predicted octanol–water partition coefficient (Wildman–Crippen LogP) is 2.76. The van der Waals surface area contributed by atoms with Crippen LogP contribution in [0.1, 0.15) is 30.4 Å². The van der Waals surface area contributed by atoms with Crippen molar-refractivity contribution in [1.29, 1.82) is 0 Å². The van der Waals surface area contributed by atoms with Crippen LogP contribution in [-0.2, 0) is 16.7 Å². The van der Waals surface area contributed by atoms with Gasteiger partial charge >= 0.3 is 0 Å². The Morgan fingerprint density at radius 1 is 1.20 bits per heavy atom. The predicted molar refractivity (Wildman–Crippen MR) is 93.1 cm³/mol. The second kappa shape index (κ2) is 5.15. The lowest BCUT2D eigenvalue weighted by molar-refractivity contribution is -0.953. The molecule has 0 aromatic heterocycles. The number of rotatable bonds is 2. The summed E-state index contributed by atoms with van der Waals surface area (Å²) in [6.07, 6.45) is 6.93. The molecule has 0 N–H and O–H groups in total. The van der Waals surface area contributed by atoms with E-state index < -0.39 is 0 Å². The van der Waals surface area contributed by atoms with Gasteiger partial charge in [-0.15, -0.1) is 0 Å². The number of fused-ring (bicyclic) bond motifs is 2. The van der Waals surface area contributed by atoms with Crippen molar-refractivity contribution in [1.82, 2.24) is 0 Å². The van der Waals surface area contributed by atoms with E-state index in [1.807, 2.05) is 7.11 Å². The molecular formula is C20H26NO4+. The van der Waals surface area contributed by atoms with E-state index >= 15 is 0 Å². The van der Waals surface area contributed by atoms with Crippen molar-refractivity contribution < 1.29 is 23.4 Å². The summed E-state index contributed by atoms with van der Waals surface area (Å²) < 4.78 is 24.1. The van der Waals surface area contributed by atoms with Gasteiger partial charge in [0.25, 0.3) is 0 Å². The van der Waals surface area contributed by atoms with Gasteiger partial charge in [0.1, 0.15) is 5.54 Å². The highest BCUT2D eigenvalue weighted by Crippen LogP contribution is 2.60. The molecule has 1 aliphatic carbocycles. The number of quaternary nitrogens is 1. The van der Waals surface area contributed by atoms with Crippen molar-refractivity contribution in [3.63, 3.8) is 0 Å². The zero-order valence-corrected chi connectivity index (χ0v) is 15.3. The van der Waals surface area contributed by atoms with E-state index in [-0.39, 0.29) is 18.4 Å². The molecule has 1 aromatic rings. The fraction of sp³-hybridized carbons (Fsp3) is 0.600. The van der Waals surface area contributed by atoms with E-state index in [1.165, 1.54) is 24.1 Å². The van der Waals surface area contributed by atoms with Crippen LogP contribution in [0.4, 0.5) is 0 Å². The van der Waals surface area contributed by atoms with Gasteiger partial charge in [-0.2, -0.15) is 0 Å². The summed E-state index contributed by atoms with van der Waals surface area (Å²) in [6.45, 7) is 2.59. The number of benzene rings is 1. The summed E-state index contributed by atoms with van der Waals surface area (Å²) in [5.74, 6) is 2.47. The highest BCUT2D eigenvalue weighted by atomic mass is 16.7. The third-order valence-corrected chi connectivity index (χ3v) is 7.04. The summed E-state index contributed by atoms with van der Waals surface area (Å²) in [5.41, 5.74) is 4.23. The molecular weight excluding hydrogens is 318 g/mol. The maximum absolute atomic E-state index is 5.81. The second-order valence-electron chi connectivity index (χ2n) is 7.90. The molecule has 1 spiro atoms. The van der Waals surface area contributed by atoms with Crippen LogP contribution in [0.2, 0.25) is 0 Å². The molecule has 0 radical (unpaired) electrons. The van der Waals surface area contributed by atoms with Crippen molar-refractivity contribution in [3.05, 3.63) is 28.8 Å². The molecule has 1 aromatic carbocycles. The standard InChI is InChI=1S/C20H26NO4/c1-21-8-6-13-4-5-14(22-2)11-20(13,21)16-10-17-19(25-12-24-17)18(23-3)15(16)7-9-21/h4,10,14H,5-9,11-12H2,1-3H3/q+1/t14-,20-,21?/m0/s1. The van der Waals surface area contributed by atoms with Gasteiger partial charge in [-0.25, -0.2) is 0 Å². The Balaban J connectivity index is 1.79. The molecule has 25 heavy (non-hydrogen) atoms. The first-order valence-electron chi connectivity index (χ1n) is 9.20. The van der Waals surface area contributed by atoms with E-state index in [9.17, 15) is 0 Å². The van der Waals surface area contributed by atoms with E-state index in [4.69, 9.17) is 18.9 Å². The van der Waals surface area contributed by atoms with Gasteiger partial charge in [0.2, 0.25) is 12.5 Å². The molecule has 0 amide bonds. The number of methoxy groups -OCH3 is 2. The van der Waals surface area contributed by atoms with Crippen LogP contribution >= 0.6 is 0 Å². The molecule has 5 heteroatoms. The SMILES string of the molecule is COc1c2c(cc3c1OCO3)[C@]13C[C@@H](OC)CC=C1CC[N+]3(C)CC2. The number of hydrogen-bond acceptors (Lipinski definition) is 4. The van der Waals surface area contributed by atoms with Gasteiger partial charge in [0.15, 0.2) is 11.5 Å². The van der Waals surface area contributed by atoms with Gasteiger partial charge in [-0.05, 0) is 18.1 Å². The molecule has 0 bridgehead atoms. The van der Waals surface area contributed by atoms with Crippen LogP contribution in [-0.4, -0.2) is 51.7 Å². The monoisotopic (exact) mass is 344 g/mol. The van der Waals surface area contributed by atoms with E-state index in [2.05, 4.69) is 19.2 Å². The van der Waals surface area contributed by atoms with Crippen molar-refractivity contribution in [2.45, 2.75) is 37.3 Å². The molecule has 5 rings (SSSR count). The minimum Gasteiger partial charge on any atom is -0.492 e. The largest absolute Gasteiger partial charge is 0.492 e. The molecule has 1 fully saturated rings. The lowest BCUT2D eigenvalue weighted by Crippen LogP contribution is -2.61. The molecule has 4 aliphatic rings. The van der Waals surface area contributed by atoms with Crippen molar-refractivity contribution in [2.24, 2.45) is 0 Å². The first kappa shape index (κ1) is 15.5. The van der Waals surface area contributed by atoms with Gasteiger partial charge in [-0.1, -0.05) is 6.08 Å². The van der Waals surface area contributed by atoms with Crippen LogP contribution in [0.15, 0.2) is 17.7 Å². The van der Waals surface area contributed by atoms with Crippen molar-refractivity contribution in [2.75, 3.05) is 41.1 Å². The number of ether oxygens (including phenoxy) is 4. The van der Waals surface area contributed by atoms with Crippen LogP contribution in [0.3, 0.4) is 0 Å². The Labute approximate surface area is 148 Å². The lowest BCUT2D eigenvalue weighted by atomic mass is 9.69. The fourth-order valence-corrected chi connectivity index (χ4v) is 5.72. The molecule has 3 atom stereocenters. The minimum atomic E-state index is -0.0131. The van der Waals surface area contributed by atoms with Gasteiger partial charge < -0.3 is 23.4 Å². The second-order valence-corrected chi connectivity index (χ2v) is 7.90. The summed E-state index contributed by atoms with van der Waals surface area (Å²) in [6, 6.07) is 2.23. The molecule has 5 nitrogen and oxygen atoms in total. The molecule has 1 unspecified atom stereocenters. The zero-order valence-electron chi connectivity index (χ0n) is 15.3. The normalized spacial score (nSPS) is 34.8. The summed E-state index contributed by atoms with van der Waals surface area (Å²) in [4.78, 5) is 0. The number of hydrogen-bond donors (Lipinski definition) is 0. The quantitative estimate of drug-likeness (QED) is 0.611. The Bertz CT molecular complexity index is 773. The summed E-state index contributed by atoms with van der Waals surface area (Å²) in [7, 11) is 5.99. The van der Waals surface area contributed by atoms with E-state index in [0.29, 0.717) is 0 Å². The Hall–Kier alpha value is -1.72. The Kier molecular flexibility index (Phi) is 3.20. The Morgan fingerprint density at radius 3 is 2.84 bits per heavy atom. The first-order valence-corrected chi connectivity index (χ1v) is 9.20. The zero-order chi connectivity index (χ0) is 17.2. The van der Waals surface area contributed by atoms with E-state index in [0.717, 1.165) is 47.5 Å². The average Bonchev–Trinajstić information content (AvgIpc) is 3.22. The van der Waals surface area contributed by atoms with Crippen LogP contribution in [0.25, 0.3) is 0 Å². The maximum atomic E-state index is 5.81. The Morgan fingerprint density at radius 2 is 2.04 bits per heavy atom. The lowest BCUT2D eigenvalue weighted by Gasteiger charge is -2.53. The molecule has 0 saturated carbocycles. The number of likely N-dealkylation sites (N-methyl/N-ethyl adjacent to an activating group) is 1. The van der Waals surface area contributed by atoms with Crippen molar-refractivity contribution >= 4 is 0 Å². The fourth-order valence-electron chi connectivity index (χ4n) is 5.72. The third-order valence-electron chi connectivity index (χ3n) is 7.04. The van der Waals surface area contributed by atoms with Gasteiger partial charge in [0.05, 0.1) is 33.4 Å². The van der Waals surface area contributed by atoms with Gasteiger partial charge in [-0.3, -0.25) is 0 Å². The minimum absolute atomic E-state index is 0.0131. The number of nitrogens with zero attached hydrogens (tertiary/aromatic N) is 1. The molecule has 1 saturated heterocycles. The molecule has 134 valence electrons. The van der Waals surface area contributed by atoms with Gasteiger partial charge in [0, 0.05) is 37.5 Å². The van der Waals surface area contributed by atoms with Crippen LogP contribution in [0.5, 0.6) is 17.2 Å². The highest BCUT2D eigenvalue weighted by molar-refractivity contribution is 5.63. The molecule has 3 heterocycles. The maximum Gasteiger partial charge on any atom is 0.231 e. The smallest absolute Gasteiger partial charge is 0.231 e. The average molecular weight is 344 g/mol. The molecule has 3 aliphatic heterocycles.